The fraction of sp³-hybridized carbons (Fsp3) is 0.385. The predicted molar refractivity (Wildman–Crippen MR) is 131 cm³/mol. The maximum atomic E-state index is 13.0. The molecule has 0 bridgehead atoms. The molecule has 2 atom stereocenters. The summed E-state index contributed by atoms with van der Waals surface area (Å²) >= 11 is 0. The second kappa shape index (κ2) is 12.8. The Balaban J connectivity index is 0.00000106. The van der Waals surface area contributed by atoms with Gasteiger partial charge in [-0.1, -0.05) is 57.2 Å². The number of hydrogen-bond donors (Lipinski definition) is 3. The van der Waals surface area contributed by atoms with Gasteiger partial charge in [-0.15, -0.1) is 0 Å². The average Bonchev–Trinajstić information content (AvgIpc) is 2.82. The maximum Gasteiger partial charge on any atom is 0.419 e. The van der Waals surface area contributed by atoms with Gasteiger partial charge in [0.2, 0.25) is 0 Å². The number of rotatable bonds is 7. The van der Waals surface area contributed by atoms with E-state index in [9.17, 15) is 28.7 Å². The molecule has 0 fully saturated rings. The number of aliphatic hydroxyl groups is 1. The lowest BCUT2D eigenvalue weighted by Crippen LogP contribution is -2.48. The fourth-order valence-corrected chi connectivity index (χ4v) is 3.40. The number of carbonyl (C=O) groups is 4. The zero-order valence-electron chi connectivity index (χ0n) is 20.6. The highest BCUT2D eigenvalue weighted by Crippen LogP contribution is 2.44. The Labute approximate surface area is 208 Å². The highest BCUT2D eigenvalue weighted by atomic mass is 19.1. The SMILES string of the molecule is CC(C)C.CC(OC(=O)N1c2ccccc2C(O)c2ccccc21)C(=O)NC(CC(=O)O)C(=O)CF. The summed E-state index contributed by atoms with van der Waals surface area (Å²) in [6.45, 7) is 6.29. The van der Waals surface area contributed by atoms with Gasteiger partial charge < -0.3 is 20.3 Å². The first-order valence-corrected chi connectivity index (χ1v) is 11.4. The third-order valence-corrected chi connectivity index (χ3v) is 4.99. The summed E-state index contributed by atoms with van der Waals surface area (Å²) in [5.41, 5.74) is 1.67. The van der Waals surface area contributed by atoms with E-state index < -0.39 is 55.1 Å². The van der Waals surface area contributed by atoms with Crippen LogP contribution in [-0.4, -0.2) is 52.8 Å². The number of carbonyl (C=O) groups excluding carboxylic acids is 3. The van der Waals surface area contributed by atoms with Crippen LogP contribution in [0.1, 0.15) is 51.3 Å². The van der Waals surface area contributed by atoms with E-state index in [0.29, 0.717) is 22.5 Å². The summed E-state index contributed by atoms with van der Waals surface area (Å²) in [6, 6.07) is 11.7. The molecule has 2 aromatic carbocycles. The number of aliphatic carboxylic acids is 1. The van der Waals surface area contributed by atoms with E-state index in [2.05, 4.69) is 26.1 Å². The smallest absolute Gasteiger partial charge is 0.419 e. The van der Waals surface area contributed by atoms with Crippen LogP contribution in [0.3, 0.4) is 0 Å². The Morgan fingerprint density at radius 3 is 1.89 bits per heavy atom. The minimum Gasteiger partial charge on any atom is -0.481 e. The number of nitrogens with one attached hydrogen (secondary N) is 1. The van der Waals surface area contributed by atoms with Crippen molar-refractivity contribution in [1.82, 2.24) is 5.32 Å². The third-order valence-electron chi connectivity index (χ3n) is 4.99. The Bertz CT molecular complexity index is 1050. The van der Waals surface area contributed by atoms with E-state index in [1.54, 1.807) is 48.5 Å². The molecule has 2 aromatic rings. The molecule has 3 rings (SSSR count). The summed E-state index contributed by atoms with van der Waals surface area (Å²) in [6.07, 6.45) is -4.11. The van der Waals surface area contributed by atoms with Crippen LogP contribution >= 0.6 is 0 Å². The normalized spacial score (nSPS) is 13.9. The number of para-hydroxylation sites is 2. The second-order valence-electron chi connectivity index (χ2n) is 8.87. The Morgan fingerprint density at radius 1 is 0.972 bits per heavy atom. The van der Waals surface area contributed by atoms with Crippen molar-refractivity contribution in [2.75, 3.05) is 11.6 Å². The van der Waals surface area contributed by atoms with Crippen molar-refractivity contribution in [3.05, 3.63) is 59.7 Å². The highest BCUT2D eigenvalue weighted by Gasteiger charge is 2.35. The molecule has 36 heavy (non-hydrogen) atoms. The van der Waals surface area contributed by atoms with E-state index in [4.69, 9.17) is 9.84 Å². The average molecular weight is 503 g/mol. The molecule has 9 nitrogen and oxygen atoms in total. The molecule has 10 heteroatoms. The monoisotopic (exact) mass is 502 g/mol. The number of amides is 2. The first kappa shape index (κ1) is 28.4. The first-order chi connectivity index (χ1) is 17.0. The van der Waals surface area contributed by atoms with E-state index in [0.717, 1.165) is 5.92 Å². The van der Waals surface area contributed by atoms with Gasteiger partial charge in [-0.25, -0.2) is 14.1 Å². The Hall–Kier alpha value is -3.79. The summed E-state index contributed by atoms with van der Waals surface area (Å²) in [7, 11) is 0. The van der Waals surface area contributed by atoms with Gasteiger partial charge in [-0.05, 0) is 25.0 Å². The molecule has 0 spiro atoms. The van der Waals surface area contributed by atoms with Crippen LogP contribution in [0.5, 0.6) is 0 Å². The summed E-state index contributed by atoms with van der Waals surface area (Å²) in [5.74, 6) is -2.63. The van der Waals surface area contributed by atoms with Crippen molar-refractivity contribution in [3.8, 4) is 0 Å². The van der Waals surface area contributed by atoms with Crippen molar-refractivity contribution in [1.29, 1.82) is 0 Å². The molecule has 3 N–H and O–H groups in total. The standard InChI is InChI=1S/C22H21FN2O7.C4H10/c1-12(21(30)24-15(10-19(27)28)18(26)11-23)32-22(31)25-16-8-4-2-6-13(16)20(29)14-7-3-5-9-17(14)25;1-4(2)3/h2-9,12,15,20,29H,10-11H2,1H3,(H,24,30)(H,27,28);4H,1-3H3. The van der Waals surface area contributed by atoms with Crippen LogP contribution in [-0.2, 0) is 19.1 Å². The van der Waals surface area contributed by atoms with Crippen molar-refractivity contribution >= 4 is 35.1 Å². The molecule has 1 heterocycles. The summed E-state index contributed by atoms with van der Waals surface area (Å²) in [5, 5.41) is 21.6. The number of alkyl halides is 1. The minimum atomic E-state index is -1.59. The van der Waals surface area contributed by atoms with E-state index in [1.165, 1.54) is 11.8 Å². The van der Waals surface area contributed by atoms with Crippen LogP contribution in [0.15, 0.2) is 48.5 Å². The number of Topliss-reactive ketones (excluding diaryl/α,β-unsaturated/α-hetero) is 1. The summed E-state index contributed by atoms with van der Waals surface area (Å²) in [4.78, 5) is 49.1. The van der Waals surface area contributed by atoms with Gasteiger partial charge in [-0.3, -0.25) is 14.4 Å². The summed E-state index contributed by atoms with van der Waals surface area (Å²) < 4.78 is 18.0. The topological polar surface area (TPSA) is 133 Å². The second-order valence-corrected chi connectivity index (χ2v) is 8.87. The minimum absolute atomic E-state index is 0.368. The van der Waals surface area contributed by atoms with Crippen molar-refractivity contribution in [2.45, 2.75) is 52.4 Å². The number of nitrogens with zero attached hydrogens (tertiary/aromatic N) is 1. The first-order valence-electron chi connectivity index (χ1n) is 11.4. The highest BCUT2D eigenvalue weighted by molar-refractivity contribution is 6.01. The van der Waals surface area contributed by atoms with Gasteiger partial charge in [0.05, 0.1) is 17.8 Å². The van der Waals surface area contributed by atoms with Crippen LogP contribution < -0.4 is 10.2 Å². The van der Waals surface area contributed by atoms with Crippen LogP contribution in [0.25, 0.3) is 0 Å². The molecule has 0 radical (unpaired) electrons. The lowest BCUT2D eigenvalue weighted by Gasteiger charge is -2.34. The van der Waals surface area contributed by atoms with Crippen molar-refractivity contribution in [3.63, 3.8) is 0 Å². The van der Waals surface area contributed by atoms with Crippen molar-refractivity contribution in [2.24, 2.45) is 5.92 Å². The van der Waals surface area contributed by atoms with Gasteiger partial charge in [-0.2, -0.15) is 0 Å². The lowest BCUT2D eigenvalue weighted by atomic mass is 9.93. The Morgan fingerprint density at radius 2 is 1.44 bits per heavy atom. The Kier molecular flexibility index (Phi) is 10.1. The third kappa shape index (κ3) is 7.11. The lowest BCUT2D eigenvalue weighted by molar-refractivity contribution is -0.141. The number of ketones is 1. The van der Waals surface area contributed by atoms with Crippen molar-refractivity contribution < 1.29 is 38.5 Å². The van der Waals surface area contributed by atoms with Gasteiger partial charge >= 0.3 is 12.1 Å². The molecule has 2 unspecified atom stereocenters. The molecule has 0 saturated carbocycles. The van der Waals surface area contributed by atoms with E-state index in [1.807, 2.05) is 0 Å². The number of benzene rings is 2. The number of carboxylic acids is 1. The van der Waals surface area contributed by atoms with Gasteiger partial charge in [0.25, 0.3) is 5.91 Å². The molecule has 194 valence electrons. The van der Waals surface area contributed by atoms with Gasteiger partial charge in [0.1, 0.15) is 18.8 Å². The number of fused-ring (bicyclic) bond motifs is 2. The van der Waals surface area contributed by atoms with E-state index in [-0.39, 0.29) is 0 Å². The number of anilines is 2. The molecule has 2 amide bonds. The van der Waals surface area contributed by atoms with Crippen LogP contribution in [0.2, 0.25) is 0 Å². The van der Waals surface area contributed by atoms with E-state index >= 15 is 0 Å². The fourth-order valence-electron chi connectivity index (χ4n) is 3.40. The molecular formula is C26H31FN2O7. The molecular weight excluding hydrogens is 471 g/mol. The quantitative estimate of drug-likeness (QED) is 0.523. The molecule has 0 saturated heterocycles. The van der Waals surface area contributed by atoms with Gasteiger partial charge in [0.15, 0.2) is 11.9 Å². The van der Waals surface area contributed by atoms with Crippen LogP contribution in [0, 0.1) is 5.92 Å². The molecule has 0 aliphatic carbocycles. The number of ether oxygens (including phenoxy) is 1. The number of halogens is 1. The maximum absolute atomic E-state index is 13.0. The number of aliphatic hydroxyl groups excluding tert-OH is 1. The molecule has 0 aromatic heterocycles. The zero-order valence-corrected chi connectivity index (χ0v) is 20.6. The van der Waals surface area contributed by atoms with Gasteiger partial charge in [0, 0.05) is 11.1 Å². The van der Waals surface area contributed by atoms with Crippen LogP contribution in [0.4, 0.5) is 20.6 Å². The molecule has 1 aliphatic rings. The number of hydrogen-bond acceptors (Lipinski definition) is 6. The number of carboxylic acid groups (broad SMARTS) is 1. The zero-order chi connectivity index (χ0) is 27.0. The molecule has 1 aliphatic heterocycles. The predicted octanol–water partition coefficient (Wildman–Crippen LogP) is 3.91. The largest absolute Gasteiger partial charge is 0.481 e.